The minimum Gasteiger partial charge on any atom is -0.315 e. The maximum Gasteiger partial charge on any atom is 0.159 e. The lowest BCUT2D eigenvalue weighted by molar-refractivity contribution is 0.480. The summed E-state index contributed by atoms with van der Waals surface area (Å²) >= 11 is 0. The molecule has 2 heterocycles. The summed E-state index contributed by atoms with van der Waals surface area (Å²) in [7, 11) is 0. The molecule has 0 radical (unpaired) electrons. The molecular weight excluding hydrogens is 248 g/mol. The largest absolute Gasteiger partial charge is 0.315 e. The van der Waals surface area contributed by atoms with E-state index in [-0.39, 0.29) is 0 Å². The molecule has 3 rings (SSSR count). The van der Waals surface area contributed by atoms with Crippen molar-refractivity contribution in [2.75, 3.05) is 13.1 Å². The van der Waals surface area contributed by atoms with Crippen LogP contribution in [-0.2, 0) is 0 Å². The maximum absolute atomic E-state index is 13.3. The van der Waals surface area contributed by atoms with Gasteiger partial charge in [0.05, 0.1) is 12.2 Å². The van der Waals surface area contributed by atoms with Crippen molar-refractivity contribution in [1.29, 1.82) is 0 Å². The Kier molecular flexibility index (Phi) is 3.06. The molecule has 0 amide bonds. The van der Waals surface area contributed by atoms with E-state index >= 15 is 0 Å². The van der Waals surface area contributed by atoms with Crippen molar-refractivity contribution >= 4 is 0 Å². The van der Waals surface area contributed by atoms with E-state index in [1.54, 1.807) is 12.3 Å². The summed E-state index contributed by atoms with van der Waals surface area (Å²) in [4.78, 5) is 0. The van der Waals surface area contributed by atoms with Gasteiger partial charge in [0, 0.05) is 17.8 Å². The summed E-state index contributed by atoms with van der Waals surface area (Å²) in [6, 6.07) is 4.30. The molecule has 1 saturated heterocycles. The molecule has 1 N–H and O–H groups in total. The number of hydrogen-bond donors (Lipinski definition) is 1. The molecule has 1 aliphatic heterocycles. The molecule has 0 aliphatic carbocycles. The molecule has 100 valence electrons. The quantitative estimate of drug-likeness (QED) is 0.902. The van der Waals surface area contributed by atoms with Crippen LogP contribution in [0.4, 0.5) is 8.78 Å². The first-order valence-corrected chi connectivity index (χ1v) is 6.37. The van der Waals surface area contributed by atoms with Crippen molar-refractivity contribution < 1.29 is 8.78 Å². The van der Waals surface area contributed by atoms with Gasteiger partial charge in [-0.05, 0) is 37.6 Å². The molecule has 3 nitrogen and oxygen atoms in total. The minimum absolute atomic E-state index is 0.346. The predicted octanol–water partition coefficient (Wildman–Crippen LogP) is 2.67. The van der Waals surface area contributed by atoms with Gasteiger partial charge in [-0.1, -0.05) is 6.07 Å². The van der Waals surface area contributed by atoms with Crippen LogP contribution in [0.25, 0.3) is 11.1 Å². The Balaban J connectivity index is 1.99. The smallest absolute Gasteiger partial charge is 0.159 e. The van der Waals surface area contributed by atoms with Crippen LogP contribution in [0.1, 0.15) is 18.2 Å². The van der Waals surface area contributed by atoms with Crippen molar-refractivity contribution in [3.63, 3.8) is 0 Å². The van der Waals surface area contributed by atoms with E-state index in [0.717, 1.165) is 36.8 Å². The highest BCUT2D eigenvalue weighted by molar-refractivity contribution is 5.65. The molecule has 5 heteroatoms. The predicted molar refractivity (Wildman–Crippen MR) is 68.8 cm³/mol. The van der Waals surface area contributed by atoms with Crippen molar-refractivity contribution in [3.8, 4) is 11.1 Å². The van der Waals surface area contributed by atoms with Crippen LogP contribution in [0.3, 0.4) is 0 Å². The third-order valence-electron chi connectivity index (χ3n) is 3.66. The lowest BCUT2D eigenvalue weighted by Crippen LogP contribution is -2.15. The number of nitrogens with zero attached hydrogens (tertiary/aromatic N) is 2. The number of hydrogen-bond acceptors (Lipinski definition) is 2. The van der Waals surface area contributed by atoms with Gasteiger partial charge in [0.15, 0.2) is 11.6 Å². The van der Waals surface area contributed by atoms with Gasteiger partial charge >= 0.3 is 0 Å². The molecular formula is C14H15F2N3. The van der Waals surface area contributed by atoms with Crippen LogP contribution < -0.4 is 5.32 Å². The Morgan fingerprint density at radius 2 is 2.16 bits per heavy atom. The van der Waals surface area contributed by atoms with E-state index in [0.29, 0.717) is 11.6 Å². The van der Waals surface area contributed by atoms with Gasteiger partial charge < -0.3 is 5.32 Å². The van der Waals surface area contributed by atoms with Crippen LogP contribution in [0.2, 0.25) is 0 Å². The molecule has 1 fully saturated rings. The number of aromatic nitrogens is 2. The first kappa shape index (κ1) is 12.3. The van der Waals surface area contributed by atoms with Crippen LogP contribution in [-0.4, -0.2) is 22.9 Å². The van der Waals surface area contributed by atoms with E-state index in [9.17, 15) is 8.78 Å². The van der Waals surface area contributed by atoms with Gasteiger partial charge in [0.2, 0.25) is 0 Å². The van der Waals surface area contributed by atoms with E-state index in [4.69, 9.17) is 0 Å². The van der Waals surface area contributed by atoms with Crippen molar-refractivity contribution in [2.24, 2.45) is 0 Å². The second kappa shape index (κ2) is 4.74. The molecule has 19 heavy (non-hydrogen) atoms. The first-order chi connectivity index (χ1) is 9.16. The van der Waals surface area contributed by atoms with E-state index in [2.05, 4.69) is 10.4 Å². The lowest BCUT2D eigenvalue weighted by Gasteiger charge is -2.12. The maximum atomic E-state index is 13.3. The van der Waals surface area contributed by atoms with Crippen molar-refractivity contribution in [3.05, 3.63) is 41.7 Å². The highest BCUT2D eigenvalue weighted by atomic mass is 19.2. The summed E-state index contributed by atoms with van der Waals surface area (Å²) < 4.78 is 28.2. The topological polar surface area (TPSA) is 29.9 Å². The van der Waals surface area contributed by atoms with Crippen molar-refractivity contribution in [2.45, 2.75) is 19.4 Å². The Morgan fingerprint density at radius 3 is 2.84 bits per heavy atom. The molecule has 1 aromatic heterocycles. The second-order valence-corrected chi connectivity index (χ2v) is 4.86. The monoisotopic (exact) mass is 263 g/mol. The summed E-state index contributed by atoms with van der Waals surface area (Å²) in [5.74, 6) is -1.65. The Labute approximate surface area is 110 Å². The lowest BCUT2D eigenvalue weighted by atomic mass is 10.1. The van der Waals surface area contributed by atoms with E-state index in [1.165, 1.54) is 6.07 Å². The summed E-state index contributed by atoms with van der Waals surface area (Å²) in [5.41, 5.74) is 2.50. The van der Waals surface area contributed by atoms with E-state index in [1.807, 2.05) is 11.6 Å². The highest BCUT2D eigenvalue weighted by Crippen LogP contribution is 2.27. The second-order valence-electron chi connectivity index (χ2n) is 4.86. The molecule has 1 atom stereocenters. The highest BCUT2D eigenvalue weighted by Gasteiger charge is 2.20. The number of benzene rings is 1. The molecule has 1 aromatic carbocycles. The molecule has 0 saturated carbocycles. The zero-order chi connectivity index (χ0) is 13.4. The number of nitrogens with one attached hydrogen (secondary N) is 1. The Morgan fingerprint density at radius 1 is 1.32 bits per heavy atom. The molecule has 1 unspecified atom stereocenters. The first-order valence-electron chi connectivity index (χ1n) is 6.37. The molecule has 0 spiro atoms. The van der Waals surface area contributed by atoms with E-state index < -0.39 is 11.6 Å². The van der Waals surface area contributed by atoms with Gasteiger partial charge in [-0.25, -0.2) is 8.78 Å². The average Bonchev–Trinajstić information content (AvgIpc) is 3.02. The fourth-order valence-electron chi connectivity index (χ4n) is 2.59. The third kappa shape index (κ3) is 2.14. The molecule has 1 aliphatic rings. The van der Waals surface area contributed by atoms with Gasteiger partial charge in [0.1, 0.15) is 0 Å². The number of halogens is 2. The summed E-state index contributed by atoms with van der Waals surface area (Å²) in [5, 5.41) is 7.68. The normalized spacial score (nSPS) is 19.0. The van der Waals surface area contributed by atoms with Crippen molar-refractivity contribution in [1.82, 2.24) is 15.1 Å². The van der Waals surface area contributed by atoms with Gasteiger partial charge in [-0.3, -0.25) is 4.68 Å². The zero-order valence-corrected chi connectivity index (χ0v) is 10.7. The van der Waals surface area contributed by atoms with Crippen LogP contribution in [0, 0.1) is 18.6 Å². The fraction of sp³-hybridized carbons (Fsp3) is 0.357. The number of rotatable bonds is 2. The minimum atomic E-state index is -0.827. The van der Waals surface area contributed by atoms with Gasteiger partial charge in [0.25, 0.3) is 0 Å². The fourth-order valence-corrected chi connectivity index (χ4v) is 2.59. The third-order valence-corrected chi connectivity index (χ3v) is 3.66. The molecule has 0 bridgehead atoms. The average molecular weight is 263 g/mol. The molecule has 2 aromatic rings. The summed E-state index contributed by atoms with van der Waals surface area (Å²) in [6.07, 6.45) is 2.76. The van der Waals surface area contributed by atoms with Crippen LogP contribution in [0.5, 0.6) is 0 Å². The zero-order valence-electron chi connectivity index (χ0n) is 10.7. The van der Waals surface area contributed by atoms with Crippen LogP contribution >= 0.6 is 0 Å². The SMILES string of the molecule is Cc1c(-c2ccc(F)c(F)c2)cnn1C1CCNC1. The summed E-state index contributed by atoms with van der Waals surface area (Å²) in [6.45, 7) is 3.85. The van der Waals surface area contributed by atoms with Gasteiger partial charge in [-0.2, -0.15) is 5.10 Å². The Bertz CT molecular complexity index is 601. The Hall–Kier alpha value is -1.75. The van der Waals surface area contributed by atoms with Crippen LogP contribution in [0.15, 0.2) is 24.4 Å². The standard InChI is InChI=1S/C14H15F2N3/c1-9-12(10-2-3-13(15)14(16)6-10)8-18-19(9)11-4-5-17-7-11/h2-3,6,8,11,17H,4-5,7H2,1H3. The van der Waals surface area contributed by atoms with Gasteiger partial charge in [-0.15, -0.1) is 0 Å².